The number of likely N-dealkylation sites (N-methyl/N-ethyl adjacent to an activating group) is 1. The number of aliphatic carboxylic acids is 1. The van der Waals surface area contributed by atoms with Crippen molar-refractivity contribution < 1.29 is 19.5 Å². The number of carbonyl (C=O) groups excluding carboxylic acids is 2. The summed E-state index contributed by atoms with van der Waals surface area (Å²) < 4.78 is 0. The van der Waals surface area contributed by atoms with Crippen LogP contribution >= 0.6 is 0 Å². The van der Waals surface area contributed by atoms with Crippen molar-refractivity contribution in [1.82, 2.24) is 10.2 Å². The molecule has 0 bridgehead atoms. The van der Waals surface area contributed by atoms with Crippen molar-refractivity contribution in [2.45, 2.75) is 18.4 Å². The molecular formula is C27H26N2O4. The molecule has 33 heavy (non-hydrogen) atoms. The summed E-state index contributed by atoms with van der Waals surface area (Å²) in [6.45, 7) is 3.81. The van der Waals surface area contributed by atoms with E-state index in [9.17, 15) is 19.5 Å². The van der Waals surface area contributed by atoms with E-state index < -0.39 is 17.9 Å². The van der Waals surface area contributed by atoms with E-state index in [1.165, 1.54) is 11.9 Å². The molecule has 0 saturated carbocycles. The van der Waals surface area contributed by atoms with Gasteiger partial charge in [-0.3, -0.25) is 9.59 Å². The minimum absolute atomic E-state index is 0.119. The van der Waals surface area contributed by atoms with Crippen LogP contribution in [0.3, 0.4) is 0 Å². The Morgan fingerprint density at radius 1 is 0.848 bits per heavy atom. The van der Waals surface area contributed by atoms with Crippen molar-refractivity contribution in [3.63, 3.8) is 0 Å². The standard InChI is InChI=1S/C27H26N2O4/c1-19(28-25(30)22-16-10-5-11-17-22)18-23(27(32)33)29(2)26(31)24(20-12-6-3-7-13-20)21-14-8-4-9-15-21/h3-17,23-24H,1,18H2,2H3,(H,28,30)(H,32,33)/t23-/m0/s1. The average molecular weight is 443 g/mol. The monoisotopic (exact) mass is 442 g/mol. The van der Waals surface area contributed by atoms with Gasteiger partial charge in [0.1, 0.15) is 6.04 Å². The van der Waals surface area contributed by atoms with E-state index in [-0.39, 0.29) is 23.9 Å². The molecule has 0 aliphatic carbocycles. The number of carboxylic acids is 1. The molecule has 2 N–H and O–H groups in total. The van der Waals surface area contributed by atoms with Gasteiger partial charge in [0.2, 0.25) is 5.91 Å². The fraction of sp³-hybridized carbons (Fsp3) is 0.148. The summed E-state index contributed by atoms with van der Waals surface area (Å²) in [6, 6.07) is 25.8. The number of hydrogen-bond donors (Lipinski definition) is 2. The van der Waals surface area contributed by atoms with Crippen LogP contribution in [0.25, 0.3) is 0 Å². The third-order valence-corrected chi connectivity index (χ3v) is 5.38. The molecule has 6 heteroatoms. The third kappa shape index (κ3) is 5.95. The van der Waals surface area contributed by atoms with E-state index in [4.69, 9.17) is 0 Å². The van der Waals surface area contributed by atoms with Crippen LogP contribution in [0.1, 0.15) is 33.8 Å². The van der Waals surface area contributed by atoms with E-state index in [2.05, 4.69) is 11.9 Å². The number of rotatable bonds is 9. The quantitative estimate of drug-likeness (QED) is 0.523. The molecule has 1 atom stereocenters. The van der Waals surface area contributed by atoms with E-state index >= 15 is 0 Å². The van der Waals surface area contributed by atoms with E-state index in [0.29, 0.717) is 5.56 Å². The van der Waals surface area contributed by atoms with Crippen molar-refractivity contribution >= 4 is 17.8 Å². The summed E-state index contributed by atoms with van der Waals surface area (Å²) in [5.41, 5.74) is 2.18. The summed E-state index contributed by atoms with van der Waals surface area (Å²) in [7, 11) is 1.46. The van der Waals surface area contributed by atoms with Crippen LogP contribution in [0.5, 0.6) is 0 Å². The maximum Gasteiger partial charge on any atom is 0.326 e. The lowest BCUT2D eigenvalue weighted by Gasteiger charge is -2.30. The van der Waals surface area contributed by atoms with E-state index in [1.807, 2.05) is 60.7 Å². The maximum absolute atomic E-state index is 13.6. The van der Waals surface area contributed by atoms with Crippen molar-refractivity contribution in [3.8, 4) is 0 Å². The molecule has 2 amide bonds. The number of hydrogen-bond acceptors (Lipinski definition) is 3. The zero-order valence-electron chi connectivity index (χ0n) is 18.3. The molecule has 0 saturated heterocycles. The molecule has 0 unspecified atom stereocenters. The second kappa shape index (κ2) is 10.9. The Hall–Kier alpha value is -4.19. The summed E-state index contributed by atoms with van der Waals surface area (Å²) in [6.07, 6.45) is -0.119. The summed E-state index contributed by atoms with van der Waals surface area (Å²) in [5.74, 6) is -2.58. The molecule has 0 aromatic heterocycles. The van der Waals surface area contributed by atoms with Gasteiger partial charge in [0, 0.05) is 24.7 Å². The second-order valence-electron chi connectivity index (χ2n) is 7.69. The Morgan fingerprint density at radius 2 is 1.30 bits per heavy atom. The summed E-state index contributed by atoms with van der Waals surface area (Å²) >= 11 is 0. The summed E-state index contributed by atoms with van der Waals surface area (Å²) in [5, 5.41) is 12.5. The van der Waals surface area contributed by atoms with Gasteiger partial charge in [-0.1, -0.05) is 85.4 Å². The van der Waals surface area contributed by atoms with Gasteiger partial charge in [-0.2, -0.15) is 0 Å². The Balaban J connectivity index is 1.80. The highest BCUT2D eigenvalue weighted by Crippen LogP contribution is 2.28. The van der Waals surface area contributed by atoms with Gasteiger partial charge in [0.05, 0.1) is 5.92 Å². The highest BCUT2D eigenvalue weighted by Gasteiger charge is 2.33. The van der Waals surface area contributed by atoms with Crippen LogP contribution in [0, 0.1) is 0 Å². The molecule has 0 fully saturated rings. The smallest absolute Gasteiger partial charge is 0.326 e. The van der Waals surface area contributed by atoms with Gasteiger partial charge in [-0.15, -0.1) is 0 Å². The van der Waals surface area contributed by atoms with Crippen LogP contribution in [0.15, 0.2) is 103 Å². The molecule has 0 radical (unpaired) electrons. The number of amides is 2. The highest BCUT2D eigenvalue weighted by molar-refractivity contribution is 5.95. The first-order chi connectivity index (χ1) is 15.9. The number of benzene rings is 3. The van der Waals surface area contributed by atoms with Crippen LogP contribution in [0.2, 0.25) is 0 Å². The van der Waals surface area contributed by atoms with E-state index in [0.717, 1.165) is 11.1 Å². The van der Waals surface area contributed by atoms with Gasteiger partial charge in [0.25, 0.3) is 5.91 Å². The Morgan fingerprint density at radius 3 is 1.76 bits per heavy atom. The predicted molar refractivity (Wildman–Crippen MR) is 127 cm³/mol. The molecule has 0 heterocycles. The second-order valence-corrected chi connectivity index (χ2v) is 7.69. The SMILES string of the molecule is C=C(C[C@@H](C(=O)O)N(C)C(=O)C(c1ccccc1)c1ccccc1)NC(=O)c1ccccc1. The highest BCUT2D eigenvalue weighted by atomic mass is 16.4. The number of nitrogens with one attached hydrogen (secondary N) is 1. The molecule has 168 valence electrons. The Bertz CT molecular complexity index is 1080. The first-order valence-electron chi connectivity index (χ1n) is 10.5. The van der Waals surface area contributed by atoms with Crippen LogP contribution in [-0.4, -0.2) is 40.9 Å². The number of carboxylic acid groups (broad SMARTS) is 1. The minimum atomic E-state index is -1.20. The molecular weight excluding hydrogens is 416 g/mol. The fourth-order valence-electron chi connectivity index (χ4n) is 3.62. The number of carbonyl (C=O) groups is 3. The molecule has 6 nitrogen and oxygen atoms in total. The van der Waals surface area contributed by atoms with Gasteiger partial charge in [0.15, 0.2) is 0 Å². The first-order valence-corrected chi connectivity index (χ1v) is 10.5. The predicted octanol–water partition coefficient (Wildman–Crippen LogP) is 4.06. The summed E-state index contributed by atoms with van der Waals surface area (Å²) in [4.78, 5) is 39.2. The molecule has 3 aromatic rings. The molecule has 0 spiro atoms. The van der Waals surface area contributed by atoms with Crippen LogP contribution in [-0.2, 0) is 9.59 Å². The van der Waals surface area contributed by atoms with Crippen molar-refractivity contribution in [3.05, 3.63) is 120 Å². The number of nitrogens with zero attached hydrogens (tertiary/aromatic N) is 1. The Kier molecular flexibility index (Phi) is 7.76. The van der Waals surface area contributed by atoms with Crippen molar-refractivity contribution in [1.29, 1.82) is 0 Å². The maximum atomic E-state index is 13.6. The minimum Gasteiger partial charge on any atom is -0.480 e. The molecule has 3 aromatic carbocycles. The Labute approximate surface area is 193 Å². The lowest BCUT2D eigenvalue weighted by Crippen LogP contribution is -2.45. The topological polar surface area (TPSA) is 86.7 Å². The van der Waals surface area contributed by atoms with Crippen LogP contribution < -0.4 is 5.32 Å². The van der Waals surface area contributed by atoms with Gasteiger partial charge in [-0.05, 0) is 23.3 Å². The largest absolute Gasteiger partial charge is 0.480 e. The lowest BCUT2D eigenvalue weighted by molar-refractivity contribution is -0.149. The van der Waals surface area contributed by atoms with Gasteiger partial charge >= 0.3 is 5.97 Å². The van der Waals surface area contributed by atoms with Gasteiger partial charge < -0.3 is 15.3 Å². The third-order valence-electron chi connectivity index (χ3n) is 5.38. The normalized spacial score (nSPS) is 11.5. The molecule has 0 aliphatic rings. The van der Waals surface area contributed by atoms with Gasteiger partial charge in [-0.25, -0.2) is 4.79 Å². The van der Waals surface area contributed by atoms with Crippen molar-refractivity contribution in [2.24, 2.45) is 0 Å². The fourth-order valence-corrected chi connectivity index (χ4v) is 3.62. The van der Waals surface area contributed by atoms with Crippen LogP contribution in [0.4, 0.5) is 0 Å². The molecule has 3 rings (SSSR count). The lowest BCUT2D eigenvalue weighted by atomic mass is 9.89. The first kappa shape index (κ1) is 23.5. The average Bonchev–Trinajstić information content (AvgIpc) is 2.84. The molecule has 0 aliphatic heterocycles. The van der Waals surface area contributed by atoms with E-state index in [1.54, 1.807) is 30.3 Å². The zero-order valence-corrected chi connectivity index (χ0v) is 18.3. The zero-order chi connectivity index (χ0) is 23.8. The van der Waals surface area contributed by atoms with Crippen molar-refractivity contribution in [2.75, 3.05) is 7.05 Å².